The van der Waals surface area contributed by atoms with Crippen molar-refractivity contribution in [1.82, 2.24) is 10.2 Å². The van der Waals surface area contributed by atoms with Crippen LogP contribution in [0.3, 0.4) is 0 Å². The minimum Gasteiger partial charge on any atom is -0.353 e. The molecule has 0 bridgehead atoms. The lowest BCUT2D eigenvalue weighted by Crippen LogP contribution is -2.60. The van der Waals surface area contributed by atoms with Gasteiger partial charge in [0.05, 0.1) is 12.0 Å². The van der Waals surface area contributed by atoms with E-state index in [0.717, 1.165) is 44.6 Å². The maximum Gasteiger partial charge on any atom is 0.416 e. The zero-order chi connectivity index (χ0) is 25.2. The molecule has 1 heterocycles. The molecule has 2 amide bonds. The number of carbonyl (C=O) groups excluding carboxylic acids is 2. The molecule has 4 nitrogen and oxygen atoms in total. The van der Waals surface area contributed by atoms with Crippen LogP contribution < -0.4 is 5.32 Å². The summed E-state index contributed by atoms with van der Waals surface area (Å²) in [6.07, 6.45) is 5.15. The maximum atomic E-state index is 13.4. The second-order valence-electron chi connectivity index (χ2n) is 11.7. The van der Waals surface area contributed by atoms with Gasteiger partial charge in [-0.25, -0.2) is 0 Å². The molecular formula is C28H35F3N2O2. The molecular weight excluding hydrogens is 453 g/mol. The van der Waals surface area contributed by atoms with Crippen molar-refractivity contribution in [1.29, 1.82) is 0 Å². The normalized spacial score (nSPS) is 38.5. The van der Waals surface area contributed by atoms with Crippen molar-refractivity contribution in [2.24, 2.45) is 28.6 Å². The molecule has 0 radical (unpaired) electrons. The van der Waals surface area contributed by atoms with Gasteiger partial charge in [-0.05, 0) is 79.4 Å². The lowest BCUT2D eigenvalue weighted by Gasteiger charge is -2.60. The van der Waals surface area contributed by atoms with Crippen LogP contribution >= 0.6 is 0 Å². The number of rotatable bonds is 3. The Morgan fingerprint density at radius 3 is 2.57 bits per heavy atom. The van der Waals surface area contributed by atoms with Crippen LogP contribution in [0.2, 0.25) is 0 Å². The second-order valence-corrected chi connectivity index (χ2v) is 11.7. The van der Waals surface area contributed by atoms with Gasteiger partial charge in [0.2, 0.25) is 11.8 Å². The number of nitrogens with zero attached hydrogens (tertiary/aromatic N) is 1. The number of halogens is 3. The molecule has 5 rings (SSSR count). The molecule has 0 saturated heterocycles. The first-order valence-electron chi connectivity index (χ1n) is 12.9. The van der Waals surface area contributed by atoms with Crippen LogP contribution in [-0.2, 0) is 22.2 Å². The number of carbonyl (C=O) groups is 2. The van der Waals surface area contributed by atoms with E-state index in [0.29, 0.717) is 17.8 Å². The highest BCUT2D eigenvalue weighted by molar-refractivity contribution is 5.89. The fraction of sp³-hybridized carbons (Fsp3) is 0.643. The highest BCUT2D eigenvalue weighted by Crippen LogP contribution is 2.63. The Morgan fingerprint density at radius 2 is 1.83 bits per heavy atom. The van der Waals surface area contributed by atoms with Gasteiger partial charge in [-0.15, -0.1) is 0 Å². The number of likely N-dealkylation sites (N-methyl/N-ethyl adjacent to an activating group) is 1. The van der Waals surface area contributed by atoms with Crippen molar-refractivity contribution < 1.29 is 22.8 Å². The van der Waals surface area contributed by atoms with Crippen LogP contribution in [0, 0.1) is 28.6 Å². The topological polar surface area (TPSA) is 49.4 Å². The fourth-order valence-electron chi connectivity index (χ4n) is 8.34. The average molecular weight is 489 g/mol. The Balaban J connectivity index is 1.31. The van der Waals surface area contributed by atoms with Gasteiger partial charge in [-0.1, -0.05) is 38.1 Å². The minimum absolute atomic E-state index is 0.0179. The van der Waals surface area contributed by atoms with Gasteiger partial charge in [0.1, 0.15) is 0 Å². The number of amides is 2. The first-order chi connectivity index (χ1) is 16.4. The molecule has 3 aliphatic carbocycles. The van der Waals surface area contributed by atoms with Crippen LogP contribution in [0.4, 0.5) is 13.2 Å². The third-order valence-corrected chi connectivity index (χ3v) is 10.1. The van der Waals surface area contributed by atoms with E-state index in [4.69, 9.17) is 0 Å². The molecule has 4 aliphatic rings. The quantitative estimate of drug-likeness (QED) is 0.622. The summed E-state index contributed by atoms with van der Waals surface area (Å²) < 4.78 is 40.1. The molecule has 0 aromatic heterocycles. The van der Waals surface area contributed by atoms with E-state index in [1.807, 2.05) is 11.9 Å². The summed E-state index contributed by atoms with van der Waals surface area (Å²) in [5.74, 6) is 1.26. The molecule has 1 aromatic rings. The Hall–Kier alpha value is -2.31. The molecule has 1 aromatic carbocycles. The summed E-state index contributed by atoms with van der Waals surface area (Å²) in [5, 5.41) is 3.15. The van der Waals surface area contributed by atoms with Gasteiger partial charge in [0, 0.05) is 24.5 Å². The Morgan fingerprint density at radius 1 is 1.09 bits per heavy atom. The number of fused-ring (bicyclic) bond motifs is 5. The van der Waals surface area contributed by atoms with Gasteiger partial charge >= 0.3 is 6.18 Å². The van der Waals surface area contributed by atoms with E-state index in [-0.39, 0.29) is 46.7 Å². The summed E-state index contributed by atoms with van der Waals surface area (Å²) in [7, 11) is 1.92. The first-order valence-corrected chi connectivity index (χ1v) is 12.9. The Labute approximate surface area is 205 Å². The number of hydrogen-bond acceptors (Lipinski definition) is 2. The highest BCUT2D eigenvalue weighted by atomic mass is 19.4. The van der Waals surface area contributed by atoms with Crippen LogP contribution in [-0.4, -0.2) is 35.8 Å². The molecule has 7 atom stereocenters. The lowest BCUT2D eigenvalue weighted by molar-refractivity contribution is -0.138. The summed E-state index contributed by atoms with van der Waals surface area (Å²) in [6, 6.07) is 5.56. The van der Waals surface area contributed by atoms with Crippen molar-refractivity contribution in [3.05, 3.63) is 47.5 Å². The molecule has 35 heavy (non-hydrogen) atoms. The molecule has 1 N–H and O–H groups in total. The zero-order valence-electron chi connectivity index (χ0n) is 20.7. The van der Waals surface area contributed by atoms with E-state index < -0.39 is 11.7 Å². The fourth-order valence-corrected chi connectivity index (χ4v) is 8.34. The van der Waals surface area contributed by atoms with E-state index in [1.165, 1.54) is 12.1 Å². The standard InChI is InChI=1S/C28H35F3N2O2/c1-26-14-12-21-18(8-11-23-27(21,2)15-13-25(35)33(23)3)20(26)9-10-22(26)32-24(34)16-17-6-4-5-7-19(17)28(29,30)31/h4-7,13,15,18,20-23H,8-12,14,16H2,1-3H3,(H,32,34)/t18-,20-,21-,22-,23+,26-,27+/m0/s1. The van der Waals surface area contributed by atoms with Crippen molar-refractivity contribution in [2.45, 2.75) is 77.1 Å². The smallest absolute Gasteiger partial charge is 0.353 e. The Kier molecular flexibility index (Phi) is 5.84. The van der Waals surface area contributed by atoms with Crippen LogP contribution in [0.25, 0.3) is 0 Å². The van der Waals surface area contributed by atoms with Crippen LogP contribution in [0.5, 0.6) is 0 Å². The van der Waals surface area contributed by atoms with Gasteiger partial charge in [0.25, 0.3) is 0 Å². The molecule has 0 spiro atoms. The predicted octanol–water partition coefficient (Wildman–Crippen LogP) is 5.37. The number of hydrogen-bond donors (Lipinski definition) is 1. The second kappa shape index (κ2) is 8.38. The number of benzene rings is 1. The average Bonchev–Trinajstić information content (AvgIpc) is 3.12. The SMILES string of the molecule is CN1C(=O)C=C[C@]2(C)[C@H]3CC[C@]4(C)[C@@H](NC(=O)Cc5ccccc5C(F)(F)F)CC[C@H]4[C@@H]3CC[C@@H]12. The zero-order valence-corrected chi connectivity index (χ0v) is 20.7. The third-order valence-electron chi connectivity index (χ3n) is 10.1. The monoisotopic (exact) mass is 488 g/mol. The van der Waals surface area contributed by atoms with E-state index >= 15 is 0 Å². The molecule has 0 unspecified atom stereocenters. The molecule has 1 aliphatic heterocycles. The minimum atomic E-state index is -4.47. The predicted molar refractivity (Wildman–Crippen MR) is 127 cm³/mol. The van der Waals surface area contributed by atoms with Crippen molar-refractivity contribution in [3.63, 3.8) is 0 Å². The van der Waals surface area contributed by atoms with E-state index in [9.17, 15) is 22.8 Å². The molecule has 3 saturated carbocycles. The summed E-state index contributed by atoms with van der Waals surface area (Å²) in [4.78, 5) is 27.1. The van der Waals surface area contributed by atoms with E-state index in [2.05, 4.69) is 25.2 Å². The summed E-state index contributed by atoms with van der Waals surface area (Å²) in [6.45, 7) is 4.58. The van der Waals surface area contributed by atoms with Crippen LogP contribution in [0.1, 0.15) is 63.5 Å². The summed E-state index contributed by atoms with van der Waals surface area (Å²) >= 11 is 0. The van der Waals surface area contributed by atoms with Crippen molar-refractivity contribution >= 4 is 11.8 Å². The van der Waals surface area contributed by atoms with Gasteiger partial charge in [0.15, 0.2) is 0 Å². The molecule has 3 fully saturated rings. The van der Waals surface area contributed by atoms with Crippen LogP contribution in [0.15, 0.2) is 36.4 Å². The highest BCUT2D eigenvalue weighted by Gasteiger charge is 2.60. The van der Waals surface area contributed by atoms with Gasteiger partial charge in [-0.3, -0.25) is 9.59 Å². The maximum absolute atomic E-state index is 13.4. The molecule has 190 valence electrons. The van der Waals surface area contributed by atoms with Gasteiger partial charge in [-0.2, -0.15) is 13.2 Å². The van der Waals surface area contributed by atoms with E-state index in [1.54, 1.807) is 12.1 Å². The largest absolute Gasteiger partial charge is 0.416 e. The van der Waals surface area contributed by atoms with Crippen molar-refractivity contribution in [3.8, 4) is 0 Å². The molecule has 7 heteroatoms. The summed E-state index contributed by atoms with van der Waals surface area (Å²) in [5.41, 5.74) is -0.797. The number of nitrogens with one attached hydrogen (secondary N) is 1. The van der Waals surface area contributed by atoms with Crippen molar-refractivity contribution in [2.75, 3.05) is 7.05 Å². The lowest BCUT2D eigenvalue weighted by atomic mass is 9.48. The first kappa shape index (κ1) is 24.4. The Bertz CT molecular complexity index is 1050. The van der Waals surface area contributed by atoms with Gasteiger partial charge < -0.3 is 10.2 Å². The number of alkyl halides is 3. The third kappa shape index (κ3) is 3.89.